The van der Waals surface area contributed by atoms with Gasteiger partial charge in [-0.3, -0.25) is 0 Å². The summed E-state index contributed by atoms with van der Waals surface area (Å²) in [4.78, 5) is 0. The summed E-state index contributed by atoms with van der Waals surface area (Å²) in [6.45, 7) is 28.6. The lowest BCUT2D eigenvalue weighted by Gasteiger charge is -2.19. The number of rotatable bonds is 64. The van der Waals surface area contributed by atoms with E-state index in [2.05, 4.69) is 40.9 Å². The van der Waals surface area contributed by atoms with E-state index in [-0.39, 0.29) is 19.8 Å². The van der Waals surface area contributed by atoms with Crippen LogP contribution in [0.25, 0.3) is 48.6 Å². The van der Waals surface area contributed by atoms with Crippen molar-refractivity contribution in [2.45, 2.75) is 79.1 Å². The first-order valence-electron chi connectivity index (χ1n) is 34.9. The highest BCUT2D eigenvalue weighted by molar-refractivity contribution is 5.84. The summed E-state index contributed by atoms with van der Waals surface area (Å²) < 4.78 is 119. The topological polar surface area (TPSA) is 185 Å². The quantitative estimate of drug-likeness (QED) is 0.0300. The molecule has 0 amide bonds. The van der Waals surface area contributed by atoms with E-state index in [9.17, 15) is 0 Å². The van der Waals surface area contributed by atoms with Gasteiger partial charge in [-0.1, -0.05) is 139 Å². The Hall–Kier alpha value is -6.50. The lowest BCUT2D eigenvalue weighted by molar-refractivity contribution is 0.0177. The first kappa shape index (κ1) is 83.9. The van der Waals surface area contributed by atoms with Gasteiger partial charge in [0, 0.05) is 72.9 Å². The van der Waals surface area contributed by atoms with Crippen molar-refractivity contribution < 1.29 is 94.7 Å². The highest BCUT2D eigenvalue weighted by atomic mass is 16.6. The predicted molar refractivity (Wildman–Crippen MR) is 390 cm³/mol. The van der Waals surface area contributed by atoms with Gasteiger partial charge in [-0.25, -0.2) is 0 Å². The van der Waals surface area contributed by atoms with Gasteiger partial charge in [-0.2, -0.15) is 0 Å². The zero-order valence-corrected chi connectivity index (χ0v) is 60.3. The van der Waals surface area contributed by atoms with Crippen LogP contribution in [0, 0.1) is 0 Å². The van der Waals surface area contributed by atoms with E-state index in [0.717, 1.165) is 95.9 Å². The average molecular weight is 1370 g/mol. The highest BCUT2D eigenvalue weighted by Gasteiger charge is 2.19. The van der Waals surface area contributed by atoms with Crippen LogP contribution >= 0.6 is 0 Å². The minimum absolute atomic E-state index is 0.247. The molecule has 0 saturated carbocycles. The van der Waals surface area contributed by atoms with Gasteiger partial charge in [0.2, 0.25) is 0 Å². The number of hydrogen-bond donors (Lipinski definition) is 0. The molecule has 0 aliphatic heterocycles. The van der Waals surface area contributed by atoms with Gasteiger partial charge in [0.1, 0.15) is 49.4 Å². The molecule has 0 aliphatic rings. The van der Waals surface area contributed by atoms with Crippen LogP contribution in [0.1, 0.15) is 124 Å². The van der Waals surface area contributed by atoms with Gasteiger partial charge in [-0.15, -0.1) is 0 Å². The molecular weight excluding hydrogens is 1260 g/mol. The maximum absolute atomic E-state index is 6.81. The Morgan fingerprint density at radius 3 is 0.684 bits per heavy atom. The molecule has 0 bridgehead atoms. The van der Waals surface area contributed by atoms with Crippen LogP contribution in [-0.2, 0) is 56.8 Å². The Labute approximate surface area is 585 Å². The minimum Gasteiger partial charge on any atom is -0.491 e. The molecule has 0 N–H and O–H groups in total. The molecule has 0 aromatic heterocycles. The van der Waals surface area contributed by atoms with Crippen molar-refractivity contribution in [2.75, 3.05) is 213 Å². The van der Waals surface area contributed by atoms with Crippen molar-refractivity contribution in [1.29, 1.82) is 0 Å². The van der Waals surface area contributed by atoms with Gasteiger partial charge in [0.15, 0.2) is 23.0 Å². The minimum atomic E-state index is 0.247. The van der Waals surface area contributed by atoms with Crippen LogP contribution in [0.4, 0.5) is 0 Å². The van der Waals surface area contributed by atoms with E-state index in [0.29, 0.717) is 211 Å². The number of methoxy groups -OCH3 is 4. The normalized spacial score (nSPS) is 11.6. The van der Waals surface area contributed by atoms with Crippen LogP contribution in [0.3, 0.4) is 0 Å². The van der Waals surface area contributed by atoms with Crippen molar-refractivity contribution in [2.24, 2.45) is 0 Å². The van der Waals surface area contributed by atoms with E-state index in [4.69, 9.17) is 94.7 Å². The molecule has 4 aromatic rings. The highest BCUT2D eigenvalue weighted by Crippen LogP contribution is 2.42. The van der Waals surface area contributed by atoms with Crippen LogP contribution in [0.15, 0.2) is 61.7 Å². The molecule has 0 unspecified atom stereocenters. The first-order chi connectivity index (χ1) is 48.3. The fourth-order valence-corrected chi connectivity index (χ4v) is 9.08. The second-order valence-electron chi connectivity index (χ2n) is 22.1. The monoisotopic (exact) mass is 1370 g/mol. The van der Waals surface area contributed by atoms with E-state index in [1.807, 2.05) is 85.0 Å². The summed E-state index contributed by atoms with van der Waals surface area (Å²) in [6, 6.07) is 16.0. The van der Waals surface area contributed by atoms with Crippen molar-refractivity contribution in [3.05, 3.63) is 106 Å². The zero-order valence-electron chi connectivity index (χ0n) is 60.3. The second kappa shape index (κ2) is 56.3. The lowest BCUT2D eigenvalue weighted by Crippen LogP contribution is -2.13. The number of unbranched alkanes of at least 4 members (excludes halogenated alkanes) is 4. The first-order valence-corrected chi connectivity index (χ1v) is 34.9. The van der Waals surface area contributed by atoms with Gasteiger partial charge < -0.3 is 94.7 Å². The molecular formula is C78H116O20. The molecule has 0 aliphatic carbocycles. The van der Waals surface area contributed by atoms with Gasteiger partial charge in [0.25, 0.3) is 0 Å². The maximum Gasteiger partial charge on any atom is 0.168 e. The lowest BCUT2D eigenvalue weighted by atomic mass is 10.0. The van der Waals surface area contributed by atoms with E-state index < -0.39 is 0 Å². The number of benzene rings is 4. The second-order valence-corrected chi connectivity index (χ2v) is 22.1. The molecule has 20 nitrogen and oxygen atoms in total. The van der Waals surface area contributed by atoms with Gasteiger partial charge in [-0.05, 0) is 49.9 Å². The molecule has 548 valence electrons. The number of hydrogen-bond acceptors (Lipinski definition) is 20. The third-order valence-corrected chi connectivity index (χ3v) is 14.5. The third-order valence-electron chi connectivity index (χ3n) is 14.5. The molecule has 4 aromatic carbocycles. The average Bonchev–Trinajstić information content (AvgIpc) is 0.831. The van der Waals surface area contributed by atoms with Crippen molar-refractivity contribution in [1.82, 2.24) is 0 Å². The smallest absolute Gasteiger partial charge is 0.168 e. The van der Waals surface area contributed by atoms with Crippen molar-refractivity contribution in [3.8, 4) is 46.0 Å². The molecule has 4 rings (SSSR count). The fraction of sp³-hybridized carbons (Fsp3) is 0.564. The molecule has 0 fully saturated rings. The van der Waals surface area contributed by atoms with Gasteiger partial charge in [0.05, 0.1) is 159 Å². The molecule has 0 saturated heterocycles. The van der Waals surface area contributed by atoms with Crippen LogP contribution in [0.2, 0.25) is 0 Å². The summed E-state index contributed by atoms with van der Waals surface area (Å²) in [7, 11) is 6.58. The van der Waals surface area contributed by atoms with Crippen molar-refractivity contribution in [3.63, 3.8) is 0 Å². The summed E-state index contributed by atoms with van der Waals surface area (Å²) in [5.41, 5.74) is 6.29. The van der Waals surface area contributed by atoms with Crippen LogP contribution in [0.5, 0.6) is 46.0 Å². The third kappa shape index (κ3) is 34.5. The molecule has 0 radical (unpaired) electrons. The predicted octanol–water partition coefficient (Wildman–Crippen LogP) is 14.4. The van der Waals surface area contributed by atoms with Crippen molar-refractivity contribution >= 4 is 48.6 Å². The van der Waals surface area contributed by atoms with Crippen LogP contribution in [-0.4, -0.2) is 213 Å². The molecule has 98 heavy (non-hydrogen) atoms. The summed E-state index contributed by atoms with van der Waals surface area (Å²) in [5.74, 6) is 4.95. The summed E-state index contributed by atoms with van der Waals surface area (Å²) in [6.07, 6.45) is 22.9. The van der Waals surface area contributed by atoms with Crippen LogP contribution < -0.4 is 37.9 Å². The standard InChI is InChI=1S/C78H116O20/c1-11-17-31-95-75-63(15-5)21-22-65(76(75)96-32-18-12-2)25-29-69-61-74(94-58-54-90-50-46-86-42-38-82-10)70(62-73(69)93-57-53-89-49-45-85-41-37-81-9)30-27-67-24-23-66(77(97-33-19-13-3)78(67)98-34-20-14-4)26-28-68-60-71(91-55-51-87-47-43-83-39-35-79-7)64(16-6)59-72(68)92-56-52-88-48-44-84-40-36-80-8/h15-16,21-30,59-62H,5-6,11-14,17-20,31-58H2,1-4,7-10H3/b28-26+,29-25+,30-27+. The van der Waals surface area contributed by atoms with E-state index in [1.165, 1.54) is 0 Å². The molecule has 0 spiro atoms. The Kier molecular flexibility index (Phi) is 48.2. The largest absolute Gasteiger partial charge is 0.491 e. The Bertz CT molecular complexity index is 2820. The summed E-state index contributed by atoms with van der Waals surface area (Å²) in [5, 5.41) is 0. The Morgan fingerprint density at radius 1 is 0.235 bits per heavy atom. The maximum atomic E-state index is 6.81. The Balaban J connectivity index is 1.89. The zero-order chi connectivity index (χ0) is 70.1. The molecule has 0 atom stereocenters. The van der Waals surface area contributed by atoms with E-state index >= 15 is 0 Å². The Morgan fingerprint density at radius 2 is 0.439 bits per heavy atom. The molecule has 20 heteroatoms. The van der Waals surface area contributed by atoms with Gasteiger partial charge >= 0.3 is 0 Å². The fourth-order valence-electron chi connectivity index (χ4n) is 9.08. The summed E-state index contributed by atoms with van der Waals surface area (Å²) >= 11 is 0. The molecule has 0 heterocycles. The SMILES string of the molecule is C=Cc1cc(OCCOCCOCCOC)c(/C=C/c2ccc(/C=C/c3cc(OCCOCCOCCOC)c(/C=C/c4ccc(C=C)c(OCCCC)c4OCCCC)cc3OCCOCCOCCOC)c(OCCCC)c2OCCCC)cc1OCCOCCOCCOC. The van der Waals surface area contributed by atoms with E-state index in [1.54, 1.807) is 40.6 Å². The number of ether oxygens (including phenoxy) is 20.